The van der Waals surface area contributed by atoms with Crippen molar-refractivity contribution in [3.8, 4) is 0 Å². The first-order valence-electron chi connectivity index (χ1n) is 6.62. The van der Waals surface area contributed by atoms with Crippen LogP contribution in [-0.4, -0.2) is 21.8 Å². The Labute approximate surface area is 134 Å². The van der Waals surface area contributed by atoms with Gasteiger partial charge in [0.25, 0.3) is 11.8 Å². The van der Waals surface area contributed by atoms with Crippen molar-refractivity contribution in [1.29, 1.82) is 0 Å². The molecule has 2 aromatic carbocycles. The van der Waals surface area contributed by atoms with Gasteiger partial charge >= 0.3 is 0 Å². The number of halogens is 1. The lowest BCUT2D eigenvalue weighted by Gasteiger charge is -2.08. The number of amides is 2. The highest BCUT2D eigenvalue weighted by molar-refractivity contribution is 7.71. The molecular weight excluding hydrogens is 319 g/mol. The van der Waals surface area contributed by atoms with Gasteiger partial charge in [0, 0.05) is 5.56 Å². The highest BCUT2D eigenvalue weighted by atomic mass is 32.1. The first kappa shape index (κ1) is 14.9. The fourth-order valence-corrected chi connectivity index (χ4v) is 2.34. The molecule has 6 nitrogen and oxygen atoms in total. The summed E-state index contributed by atoms with van der Waals surface area (Å²) >= 11 is 4.94. The van der Waals surface area contributed by atoms with Crippen LogP contribution >= 0.6 is 12.2 Å². The zero-order chi connectivity index (χ0) is 16.4. The molecule has 2 amide bonds. The molecule has 3 aromatic rings. The molecule has 4 N–H and O–H groups in total. The molecule has 0 saturated carbocycles. The maximum absolute atomic E-state index is 13.6. The summed E-state index contributed by atoms with van der Waals surface area (Å²) in [5.41, 5.74) is 5.68. The molecule has 1 heterocycles. The number of nitrogens with one attached hydrogen (secondary N) is 4. The molecule has 3 rings (SSSR count). The molecule has 0 fully saturated rings. The first-order chi connectivity index (χ1) is 11.0. The van der Waals surface area contributed by atoms with Gasteiger partial charge in [-0.1, -0.05) is 18.2 Å². The van der Waals surface area contributed by atoms with E-state index in [0.717, 1.165) is 6.07 Å². The Morgan fingerprint density at radius 1 is 1.00 bits per heavy atom. The van der Waals surface area contributed by atoms with Crippen LogP contribution in [0.2, 0.25) is 0 Å². The molecule has 23 heavy (non-hydrogen) atoms. The normalized spacial score (nSPS) is 10.5. The van der Waals surface area contributed by atoms with Gasteiger partial charge in [-0.25, -0.2) is 4.39 Å². The number of carbonyl (C=O) groups is 2. The number of hydrazine groups is 1. The minimum Gasteiger partial charge on any atom is -0.331 e. The van der Waals surface area contributed by atoms with Crippen molar-refractivity contribution in [2.24, 2.45) is 0 Å². The van der Waals surface area contributed by atoms with Gasteiger partial charge in [0.1, 0.15) is 5.82 Å². The van der Waals surface area contributed by atoms with E-state index in [4.69, 9.17) is 12.2 Å². The van der Waals surface area contributed by atoms with Crippen molar-refractivity contribution >= 4 is 35.1 Å². The van der Waals surface area contributed by atoms with Crippen LogP contribution in [0.25, 0.3) is 11.0 Å². The third-order valence-corrected chi connectivity index (χ3v) is 3.36. The number of aromatic nitrogens is 2. The second-order valence-electron chi connectivity index (χ2n) is 4.73. The number of imidazole rings is 1. The predicted octanol–water partition coefficient (Wildman–Crippen LogP) is 2.44. The molecule has 8 heteroatoms. The van der Waals surface area contributed by atoms with Gasteiger partial charge in [0.2, 0.25) is 0 Å². The van der Waals surface area contributed by atoms with Crippen molar-refractivity contribution < 1.29 is 14.0 Å². The first-order valence-corrected chi connectivity index (χ1v) is 7.02. The van der Waals surface area contributed by atoms with E-state index < -0.39 is 17.6 Å². The summed E-state index contributed by atoms with van der Waals surface area (Å²) in [7, 11) is 0. The molecule has 0 aliphatic carbocycles. The maximum atomic E-state index is 13.6. The standard InChI is InChI=1S/C15H11FN4O2S/c16-9-6-10(12-11(7-9)17-15(23)18-12)14(22)20-19-13(21)8-4-2-1-3-5-8/h1-7H,(H,19,21)(H,20,22)(H2,17,18,23). The topological polar surface area (TPSA) is 89.8 Å². The summed E-state index contributed by atoms with van der Waals surface area (Å²) in [5, 5.41) is 0. The van der Waals surface area contributed by atoms with Gasteiger partial charge in [-0.05, 0) is 36.5 Å². The number of benzene rings is 2. The van der Waals surface area contributed by atoms with Crippen molar-refractivity contribution in [2.75, 3.05) is 0 Å². The third-order valence-electron chi connectivity index (χ3n) is 3.16. The fraction of sp³-hybridized carbons (Fsp3) is 0. The largest absolute Gasteiger partial charge is 0.331 e. The summed E-state index contributed by atoms with van der Waals surface area (Å²) in [5.74, 6) is -1.74. The van der Waals surface area contributed by atoms with Crippen LogP contribution in [0.15, 0.2) is 42.5 Å². The van der Waals surface area contributed by atoms with E-state index in [1.54, 1.807) is 30.3 Å². The monoisotopic (exact) mass is 330 g/mol. The van der Waals surface area contributed by atoms with E-state index in [1.165, 1.54) is 6.07 Å². The van der Waals surface area contributed by atoms with Crippen molar-refractivity contribution in [3.63, 3.8) is 0 Å². The number of aromatic amines is 2. The molecule has 0 unspecified atom stereocenters. The Kier molecular flexibility index (Phi) is 3.90. The van der Waals surface area contributed by atoms with Gasteiger partial charge in [-0.3, -0.25) is 20.4 Å². The molecule has 0 saturated heterocycles. The second kappa shape index (κ2) is 6.01. The zero-order valence-corrected chi connectivity index (χ0v) is 12.5. The second-order valence-corrected chi connectivity index (χ2v) is 5.14. The van der Waals surface area contributed by atoms with Crippen LogP contribution in [0.1, 0.15) is 20.7 Å². The van der Waals surface area contributed by atoms with Crippen molar-refractivity contribution in [1.82, 2.24) is 20.8 Å². The molecule has 0 aliphatic heterocycles. The smallest absolute Gasteiger partial charge is 0.271 e. The van der Waals surface area contributed by atoms with E-state index in [1.807, 2.05) is 0 Å². The van der Waals surface area contributed by atoms with Crippen LogP contribution in [0, 0.1) is 10.6 Å². The van der Waals surface area contributed by atoms with E-state index in [2.05, 4.69) is 20.8 Å². The lowest BCUT2D eigenvalue weighted by molar-refractivity contribution is 0.0847. The highest BCUT2D eigenvalue weighted by Gasteiger charge is 2.15. The molecule has 0 atom stereocenters. The minimum absolute atomic E-state index is 0.0284. The molecule has 0 aliphatic rings. The summed E-state index contributed by atoms with van der Waals surface area (Å²) in [4.78, 5) is 29.6. The lowest BCUT2D eigenvalue weighted by Crippen LogP contribution is -2.41. The Morgan fingerprint density at radius 2 is 1.70 bits per heavy atom. The molecule has 0 radical (unpaired) electrons. The minimum atomic E-state index is -0.663. The molecule has 116 valence electrons. The van der Waals surface area contributed by atoms with Crippen LogP contribution in [0.5, 0.6) is 0 Å². The number of carbonyl (C=O) groups excluding carboxylic acids is 2. The highest BCUT2D eigenvalue weighted by Crippen LogP contribution is 2.17. The summed E-state index contributed by atoms with van der Waals surface area (Å²) in [6, 6.07) is 10.7. The fourth-order valence-electron chi connectivity index (χ4n) is 2.13. The Morgan fingerprint density at radius 3 is 2.43 bits per heavy atom. The molecular formula is C15H11FN4O2S. The zero-order valence-electron chi connectivity index (χ0n) is 11.6. The Bertz CT molecular complexity index is 949. The Balaban J connectivity index is 1.81. The number of H-pyrrole nitrogens is 2. The van der Waals surface area contributed by atoms with E-state index in [0.29, 0.717) is 16.6 Å². The SMILES string of the molecule is O=C(NNC(=O)c1cc(F)cc2[nH]c(=S)[nH]c12)c1ccccc1. The van der Waals surface area contributed by atoms with Crippen LogP contribution in [-0.2, 0) is 0 Å². The van der Waals surface area contributed by atoms with Gasteiger partial charge < -0.3 is 9.97 Å². The number of hydrogen-bond acceptors (Lipinski definition) is 3. The average molecular weight is 330 g/mol. The number of rotatable bonds is 2. The van der Waals surface area contributed by atoms with Crippen molar-refractivity contribution in [3.05, 3.63) is 64.2 Å². The van der Waals surface area contributed by atoms with E-state index >= 15 is 0 Å². The van der Waals surface area contributed by atoms with Gasteiger partial charge in [-0.2, -0.15) is 0 Å². The number of hydrogen-bond donors (Lipinski definition) is 4. The van der Waals surface area contributed by atoms with Crippen LogP contribution < -0.4 is 10.9 Å². The maximum Gasteiger partial charge on any atom is 0.271 e. The molecule has 1 aromatic heterocycles. The number of fused-ring (bicyclic) bond motifs is 1. The average Bonchev–Trinajstić information content (AvgIpc) is 2.92. The van der Waals surface area contributed by atoms with Crippen LogP contribution in [0.3, 0.4) is 0 Å². The van der Waals surface area contributed by atoms with Gasteiger partial charge in [-0.15, -0.1) is 0 Å². The van der Waals surface area contributed by atoms with Gasteiger partial charge in [0.15, 0.2) is 4.77 Å². The summed E-state index contributed by atoms with van der Waals surface area (Å²) in [6.07, 6.45) is 0. The Hall–Kier alpha value is -3.00. The molecule has 0 bridgehead atoms. The van der Waals surface area contributed by atoms with E-state index in [9.17, 15) is 14.0 Å². The lowest BCUT2D eigenvalue weighted by atomic mass is 10.1. The van der Waals surface area contributed by atoms with Gasteiger partial charge in [0.05, 0.1) is 16.6 Å². The predicted molar refractivity (Wildman–Crippen MR) is 84.8 cm³/mol. The van der Waals surface area contributed by atoms with Crippen LogP contribution in [0.4, 0.5) is 4.39 Å². The quantitative estimate of drug-likeness (QED) is 0.430. The molecule has 0 spiro atoms. The summed E-state index contributed by atoms with van der Waals surface area (Å²) < 4.78 is 13.9. The third kappa shape index (κ3) is 3.11. The van der Waals surface area contributed by atoms with E-state index in [-0.39, 0.29) is 10.3 Å². The summed E-state index contributed by atoms with van der Waals surface area (Å²) in [6.45, 7) is 0. The van der Waals surface area contributed by atoms with Crippen molar-refractivity contribution in [2.45, 2.75) is 0 Å².